The molecule has 3 aliphatic heterocycles. The summed E-state index contributed by atoms with van der Waals surface area (Å²) in [6, 6.07) is 30.6. The number of carbonyl (C=O) groups is 2. The van der Waals surface area contributed by atoms with Crippen molar-refractivity contribution in [2.24, 2.45) is 4.99 Å². The number of halogens is 1. The van der Waals surface area contributed by atoms with Crippen LogP contribution < -0.4 is 4.90 Å². The number of Topliss-reactive ketones (excluding diaryl/α,β-unsaturated/α-hetero) is 1. The van der Waals surface area contributed by atoms with E-state index in [1.54, 1.807) is 36.0 Å². The van der Waals surface area contributed by atoms with Gasteiger partial charge in [-0.3, -0.25) is 24.7 Å². The molecule has 43 heavy (non-hydrogen) atoms. The van der Waals surface area contributed by atoms with Gasteiger partial charge >= 0.3 is 0 Å². The molecule has 0 saturated carbocycles. The Hall–Kier alpha value is -3.38. The molecule has 3 heterocycles. The summed E-state index contributed by atoms with van der Waals surface area (Å²) in [5.41, 5.74) is 1.84. The molecule has 1 saturated heterocycles. The quantitative estimate of drug-likeness (QED) is 0.115. The van der Waals surface area contributed by atoms with Crippen molar-refractivity contribution >= 4 is 77.9 Å². The standard InChI is InChI=1S/C32H22BrN3O4S3/c33-22-14-10-21(11-15-22)28(37)27-26(20-12-16-23(17-13-20)36(39)40)32(29-35(27)24-8-4-5-9-25(24)42-29)30(38)43-31(34-32)41-18-19-6-2-1-3-7-19/h1-17,26-27,29H,18H2/t26-,27+,29-,32-/m1/s1. The summed E-state index contributed by atoms with van der Waals surface area (Å²) >= 11 is 7.67. The van der Waals surface area contributed by atoms with Gasteiger partial charge in [0.2, 0.25) is 5.12 Å². The second-order valence-electron chi connectivity index (χ2n) is 10.4. The molecule has 4 aromatic carbocycles. The average molecular weight is 689 g/mol. The van der Waals surface area contributed by atoms with Gasteiger partial charge in [0.05, 0.1) is 10.6 Å². The highest BCUT2D eigenvalue weighted by Crippen LogP contribution is 2.63. The van der Waals surface area contributed by atoms with Crippen molar-refractivity contribution in [2.45, 2.75) is 33.5 Å². The Morgan fingerprint density at radius 3 is 2.40 bits per heavy atom. The van der Waals surface area contributed by atoms with Crippen molar-refractivity contribution in [2.75, 3.05) is 4.90 Å². The van der Waals surface area contributed by atoms with Crippen LogP contribution in [-0.4, -0.2) is 37.2 Å². The predicted octanol–water partition coefficient (Wildman–Crippen LogP) is 7.95. The number of ketones is 1. The number of para-hydroxylation sites is 1. The minimum atomic E-state index is -1.29. The largest absolute Gasteiger partial charge is 0.344 e. The van der Waals surface area contributed by atoms with Crippen molar-refractivity contribution in [1.29, 1.82) is 0 Å². The van der Waals surface area contributed by atoms with E-state index in [4.69, 9.17) is 4.99 Å². The molecular weight excluding hydrogens is 666 g/mol. The zero-order valence-corrected chi connectivity index (χ0v) is 26.4. The van der Waals surface area contributed by atoms with Crippen LogP contribution in [-0.2, 0) is 10.5 Å². The first-order valence-corrected chi connectivity index (χ1v) is 16.9. The number of anilines is 1. The molecule has 0 bridgehead atoms. The maximum Gasteiger partial charge on any atom is 0.269 e. The first-order chi connectivity index (χ1) is 20.9. The second-order valence-corrected chi connectivity index (χ2v) is 14.6. The Balaban J connectivity index is 1.40. The molecule has 1 spiro atoms. The van der Waals surface area contributed by atoms with Crippen LogP contribution in [0.5, 0.6) is 0 Å². The van der Waals surface area contributed by atoms with E-state index in [1.807, 2.05) is 66.7 Å². The maximum atomic E-state index is 14.6. The number of non-ortho nitro benzene ring substituents is 1. The van der Waals surface area contributed by atoms with Crippen molar-refractivity contribution in [3.8, 4) is 0 Å². The molecule has 214 valence electrons. The molecule has 0 aromatic heterocycles. The van der Waals surface area contributed by atoms with Crippen LogP contribution in [0.1, 0.15) is 27.4 Å². The van der Waals surface area contributed by atoms with Crippen LogP contribution in [0, 0.1) is 10.1 Å². The summed E-state index contributed by atoms with van der Waals surface area (Å²) in [5.74, 6) is -0.153. The van der Waals surface area contributed by atoms with E-state index >= 15 is 0 Å². The third kappa shape index (κ3) is 4.82. The van der Waals surface area contributed by atoms with Gasteiger partial charge in [-0.05, 0) is 47.2 Å². The number of thioether (sulfide) groups is 3. The van der Waals surface area contributed by atoms with Crippen molar-refractivity contribution < 1.29 is 14.5 Å². The second kappa shape index (κ2) is 11.3. The molecule has 0 aliphatic carbocycles. The molecule has 7 rings (SSSR count). The molecule has 0 radical (unpaired) electrons. The van der Waals surface area contributed by atoms with E-state index in [0.29, 0.717) is 21.3 Å². The fourth-order valence-electron chi connectivity index (χ4n) is 6.04. The smallest absolute Gasteiger partial charge is 0.269 e. The molecule has 4 atom stereocenters. The van der Waals surface area contributed by atoms with Gasteiger partial charge in [0.1, 0.15) is 15.8 Å². The van der Waals surface area contributed by atoms with Gasteiger partial charge in [-0.25, -0.2) is 0 Å². The predicted molar refractivity (Wildman–Crippen MR) is 177 cm³/mol. The van der Waals surface area contributed by atoms with Crippen LogP contribution in [0.15, 0.2) is 117 Å². The van der Waals surface area contributed by atoms with Crippen LogP contribution in [0.4, 0.5) is 11.4 Å². The van der Waals surface area contributed by atoms with Gasteiger partial charge in [0.15, 0.2) is 11.3 Å². The van der Waals surface area contributed by atoms with Crippen molar-refractivity contribution in [3.63, 3.8) is 0 Å². The van der Waals surface area contributed by atoms with E-state index in [-0.39, 0.29) is 16.6 Å². The number of hydrogen-bond acceptors (Lipinski definition) is 9. The highest BCUT2D eigenvalue weighted by atomic mass is 79.9. The number of carbonyl (C=O) groups excluding carboxylic acids is 2. The Morgan fingerprint density at radius 2 is 1.67 bits per heavy atom. The van der Waals surface area contributed by atoms with Crippen LogP contribution >= 0.6 is 51.2 Å². The van der Waals surface area contributed by atoms with Crippen LogP contribution in [0.3, 0.4) is 0 Å². The molecule has 11 heteroatoms. The van der Waals surface area contributed by atoms with E-state index < -0.39 is 27.8 Å². The van der Waals surface area contributed by atoms with Gasteiger partial charge in [0, 0.05) is 38.7 Å². The number of nitrogens with zero attached hydrogens (tertiary/aromatic N) is 3. The number of hydrogen-bond donors (Lipinski definition) is 0. The summed E-state index contributed by atoms with van der Waals surface area (Å²) in [5, 5.41) is 10.9. The van der Waals surface area contributed by atoms with E-state index in [0.717, 1.165) is 32.4 Å². The number of benzene rings is 4. The zero-order valence-electron chi connectivity index (χ0n) is 22.3. The highest BCUT2D eigenvalue weighted by Gasteiger charge is 2.70. The Kier molecular flexibility index (Phi) is 7.45. The summed E-state index contributed by atoms with van der Waals surface area (Å²) in [4.78, 5) is 48.3. The lowest BCUT2D eigenvalue weighted by atomic mass is 9.77. The van der Waals surface area contributed by atoms with Gasteiger partial charge in [-0.15, -0.1) is 0 Å². The molecule has 0 unspecified atom stereocenters. The number of rotatable bonds is 6. The van der Waals surface area contributed by atoms with E-state index in [9.17, 15) is 19.7 Å². The van der Waals surface area contributed by atoms with Crippen molar-refractivity contribution in [3.05, 3.63) is 134 Å². The molecule has 1 fully saturated rings. The highest BCUT2D eigenvalue weighted by molar-refractivity contribution is 9.10. The minimum absolute atomic E-state index is 0.0541. The van der Waals surface area contributed by atoms with Crippen molar-refractivity contribution in [1.82, 2.24) is 0 Å². The monoisotopic (exact) mass is 687 g/mol. The number of nitro groups is 1. The molecule has 0 N–H and O–H groups in total. The lowest BCUT2D eigenvalue weighted by molar-refractivity contribution is -0.384. The third-order valence-electron chi connectivity index (χ3n) is 7.95. The van der Waals surface area contributed by atoms with Gasteiger partial charge in [0.25, 0.3) is 5.69 Å². The van der Waals surface area contributed by atoms with Gasteiger partial charge in [-0.2, -0.15) is 0 Å². The fourth-order valence-corrected chi connectivity index (χ4v) is 10.1. The number of aliphatic imine (C=N–C) groups is 1. The summed E-state index contributed by atoms with van der Waals surface area (Å²) < 4.78 is 1.51. The van der Waals surface area contributed by atoms with Gasteiger partial charge < -0.3 is 4.90 Å². The summed E-state index contributed by atoms with van der Waals surface area (Å²) in [6.45, 7) is 0. The van der Waals surface area contributed by atoms with Crippen LogP contribution in [0.2, 0.25) is 0 Å². The maximum absolute atomic E-state index is 14.6. The zero-order chi connectivity index (χ0) is 29.7. The average Bonchev–Trinajstić information content (AvgIpc) is 3.66. The van der Waals surface area contributed by atoms with Crippen LogP contribution in [0.25, 0.3) is 0 Å². The summed E-state index contributed by atoms with van der Waals surface area (Å²) in [7, 11) is 0. The Labute approximate surface area is 268 Å². The first-order valence-electron chi connectivity index (χ1n) is 13.4. The SMILES string of the molecule is O=C(c1ccc(Br)cc1)[C@@H]1[C@@H](c2ccc([N+](=O)[O-])cc2)[C@@]2(N=C(SCc3ccccc3)SC2=O)[C@H]2Sc3ccccc3N12. The Bertz CT molecular complexity index is 1790. The van der Waals surface area contributed by atoms with E-state index in [1.165, 1.54) is 23.9 Å². The summed E-state index contributed by atoms with van der Waals surface area (Å²) in [6.07, 6.45) is 0. The molecule has 7 nitrogen and oxygen atoms in total. The number of fused-ring (bicyclic) bond motifs is 4. The molecule has 4 aromatic rings. The Morgan fingerprint density at radius 1 is 0.977 bits per heavy atom. The van der Waals surface area contributed by atoms with Gasteiger partial charge in [-0.1, -0.05) is 106 Å². The molecular formula is C32H22BrN3O4S3. The molecule has 3 aliphatic rings. The van der Waals surface area contributed by atoms with E-state index in [2.05, 4.69) is 20.8 Å². The molecule has 0 amide bonds. The number of nitro benzene ring substituents is 1. The topological polar surface area (TPSA) is 92.9 Å². The lowest BCUT2D eigenvalue weighted by Gasteiger charge is -2.30. The minimum Gasteiger partial charge on any atom is -0.344 e. The lowest BCUT2D eigenvalue weighted by Crippen LogP contribution is -2.45. The third-order valence-corrected chi connectivity index (χ3v) is 12.1. The normalized spacial score (nSPS) is 23.7. The fraction of sp³-hybridized carbons (Fsp3) is 0.156. The first kappa shape index (κ1) is 28.4.